The molecule has 1 aromatic heterocycles. The molecular weight excluding hydrogens is 140 g/mol. The lowest BCUT2D eigenvalue weighted by Crippen LogP contribution is -1.86. The molecule has 0 aliphatic heterocycles. The zero-order chi connectivity index (χ0) is 6.85. The van der Waals surface area contributed by atoms with Crippen molar-refractivity contribution in [1.29, 1.82) is 0 Å². The molecule has 0 unspecified atom stereocenters. The standard InChI is InChI=1S/C4H4N2O2S/c5-3-1-2(4(7)9)6-8-3/h1H,5H2,(H,7,9). The van der Waals surface area contributed by atoms with Gasteiger partial charge in [-0.1, -0.05) is 17.8 Å². The van der Waals surface area contributed by atoms with Crippen LogP contribution in [0, 0.1) is 0 Å². The summed E-state index contributed by atoms with van der Waals surface area (Å²) in [6.45, 7) is 0. The minimum absolute atomic E-state index is 0.118. The molecule has 0 spiro atoms. The second kappa shape index (κ2) is 2.10. The SMILES string of the molecule is Nc1cc(C(=O)S)no1. The largest absolute Gasteiger partial charge is 0.368 e. The molecule has 0 amide bonds. The number of thiol groups is 1. The molecule has 0 bridgehead atoms. The highest BCUT2D eigenvalue weighted by atomic mass is 32.1. The molecule has 0 saturated heterocycles. The van der Waals surface area contributed by atoms with E-state index in [0.717, 1.165) is 0 Å². The molecule has 0 atom stereocenters. The van der Waals surface area contributed by atoms with Gasteiger partial charge in [0.25, 0.3) is 0 Å². The summed E-state index contributed by atoms with van der Waals surface area (Å²) < 4.78 is 4.38. The van der Waals surface area contributed by atoms with Crippen LogP contribution in [0.3, 0.4) is 0 Å². The summed E-state index contributed by atoms with van der Waals surface area (Å²) in [6.07, 6.45) is 0. The summed E-state index contributed by atoms with van der Waals surface area (Å²) in [6, 6.07) is 1.31. The van der Waals surface area contributed by atoms with Crippen LogP contribution >= 0.6 is 12.6 Å². The minimum Gasteiger partial charge on any atom is -0.368 e. The van der Waals surface area contributed by atoms with Crippen LogP contribution in [0.4, 0.5) is 5.88 Å². The second-order valence-electron chi connectivity index (χ2n) is 1.42. The van der Waals surface area contributed by atoms with Crippen molar-refractivity contribution < 1.29 is 9.32 Å². The lowest BCUT2D eigenvalue weighted by Gasteiger charge is -1.75. The number of anilines is 1. The van der Waals surface area contributed by atoms with Crippen molar-refractivity contribution in [2.75, 3.05) is 5.73 Å². The first-order chi connectivity index (χ1) is 4.20. The van der Waals surface area contributed by atoms with Gasteiger partial charge in [-0.25, -0.2) is 0 Å². The third kappa shape index (κ3) is 1.23. The maximum Gasteiger partial charge on any atom is 0.238 e. The van der Waals surface area contributed by atoms with E-state index < -0.39 is 5.12 Å². The summed E-state index contributed by atoms with van der Waals surface area (Å²) >= 11 is 3.48. The Bertz CT molecular complexity index is 232. The van der Waals surface area contributed by atoms with Crippen molar-refractivity contribution in [1.82, 2.24) is 5.16 Å². The van der Waals surface area contributed by atoms with Crippen LogP contribution in [0.5, 0.6) is 0 Å². The van der Waals surface area contributed by atoms with E-state index in [-0.39, 0.29) is 11.6 Å². The Morgan fingerprint density at radius 3 is 2.78 bits per heavy atom. The van der Waals surface area contributed by atoms with E-state index in [1.165, 1.54) is 6.07 Å². The van der Waals surface area contributed by atoms with E-state index in [2.05, 4.69) is 22.3 Å². The lowest BCUT2D eigenvalue weighted by molar-refractivity contribution is 0.108. The van der Waals surface area contributed by atoms with Gasteiger partial charge in [-0.3, -0.25) is 4.79 Å². The van der Waals surface area contributed by atoms with E-state index in [1.807, 2.05) is 0 Å². The van der Waals surface area contributed by atoms with E-state index >= 15 is 0 Å². The minimum atomic E-state index is -0.449. The van der Waals surface area contributed by atoms with Crippen molar-refractivity contribution in [2.24, 2.45) is 0 Å². The average molecular weight is 144 g/mol. The molecular formula is C4H4N2O2S. The first kappa shape index (κ1) is 6.15. The third-order valence-corrected chi connectivity index (χ3v) is 0.977. The molecule has 4 nitrogen and oxygen atoms in total. The Labute approximate surface area is 56.4 Å². The molecule has 0 saturated carbocycles. The van der Waals surface area contributed by atoms with Gasteiger partial charge in [0.05, 0.1) is 0 Å². The fraction of sp³-hybridized carbons (Fsp3) is 0. The van der Waals surface area contributed by atoms with E-state index in [4.69, 9.17) is 5.73 Å². The van der Waals surface area contributed by atoms with Crippen LogP contribution in [0.15, 0.2) is 10.6 Å². The molecule has 5 heteroatoms. The molecule has 0 aliphatic rings. The Balaban J connectivity index is 2.98. The Hall–Kier alpha value is -0.970. The summed E-state index contributed by atoms with van der Waals surface area (Å²) in [5, 5.41) is 2.84. The van der Waals surface area contributed by atoms with Crippen LogP contribution in [-0.4, -0.2) is 10.3 Å². The molecule has 48 valence electrons. The van der Waals surface area contributed by atoms with Crippen LogP contribution in [-0.2, 0) is 0 Å². The summed E-state index contributed by atoms with van der Waals surface area (Å²) in [5.74, 6) is 0.118. The van der Waals surface area contributed by atoms with Gasteiger partial charge in [0, 0.05) is 6.07 Å². The number of carbonyl (C=O) groups is 1. The van der Waals surface area contributed by atoms with Crippen LogP contribution < -0.4 is 5.73 Å². The monoisotopic (exact) mass is 144 g/mol. The predicted molar refractivity (Wildman–Crippen MR) is 34.2 cm³/mol. The van der Waals surface area contributed by atoms with E-state index in [9.17, 15) is 4.79 Å². The van der Waals surface area contributed by atoms with Crippen molar-refractivity contribution >= 4 is 23.6 Å². The first-order valence-corrected chi connectivity index (χ1v) is 2.60. The van der Waals surface area contributed by atoms with E-state index in [1.54, 1.807) is 0 Å². The third-order valence-electron chi connectivity index (χ3n) is 0.747. The van der Waals surface area contributed by atoms with Gasteiger partial charge in [-0.05, 0) is 0 Å². The predicted octanol–water partition coefficient (Wildman–Crippen LogP) is 0.327. The molecule has 1 heterocycles. The average Bonchev–Trinajstić information content (AvgIpc) is 2.14. The fourth-order valence-corrected chi connectivity index (χ4v) is 0.495. The number of nitrogens with two attached hydrogens (primary N) is 1. The van der Waals surface area contributed by atoms with Crippen molar-refractivity contribution in [3.05, 3.63) is 11.8 Å². The molecule has 0 fully saturated rings. The van der Waals surface area contributed by atoms with Gasteiger partial charge in [0.1, 0.15) is 0 Å². The fourth-order valence-electron chi connectivity index (χ4n) is 0.390. The molecule has 0 aromatic carbocycles. The zero-order valence-corrected chi connectivity index (χ0v) is 5.26. The van der Waals surface area contributed by atoms with Crippen molar-refractivity contribution in [3.63, 3.8) is 0 Å². The van der Waals surface area contributed by atoms with Crippen LogP contribution in [0.2, 0.25) is 0 Å². The first-order valence-electron chi connectivity index (χ1n) is 2.15. The number of nitrogens with zero attached hydrogens (tertiary/aromatic N) is 1. The van der Waals surface area contributed by atoms with Gasteiger partial charge in [-0.15, -0.1) is 0 Å². The Kier molecular flexibility index (Phi) is 1.44. The molecule has 1 rings (SSSR count). The van der Waals surface area contributed by atoms with Gasteiger partial charge >= 0.3 is 0 Å². The smallest absolute Gasteiger partial charge is 0.238 e. The summed E-state index contributed by atoms with van der Waals surface area (Å²) in [4.78, 5) is 10.3. The summed E-state index contributed by atoms with van der Waals surface area (Å²) in [7, 11) is 0. The second-order valence-corrected chi connectivity index (χ2v) is 1.83. The van der Waals surface area contributed by atoms with Gasteiger partial charge < -0.3 is 10.3 Å². The molecule has 9 heavy (non-hydrogen) atoms. The highest BCUT2D eigenvalue weighted by Gasteiger charge is 2.04. The van der Waals surface area contributed by atoms with Gasteiger partial charge in [0.15, 0.2) is 5.69 Å². The molecule has 0 radical (unpaired) electrons. The van der Waals surface area contributed by atoms with E-state index in [0.29, 0.717) is 0 Å². The number of carbonyl (C=O) groups excluding carboxylic acids is 1. The summed E-state index contributed by atoms with van der Waals surface area (Å²) in [5.41, 5.74) is 5.24. The number of hydrogen-bond acceptors (Lipinski definition) is 4. The molecule has 0 aliphatic carbocycles. The molecule has 2 N–H and O–H groups in total. The van der Waals surface area contributed by atoms with Crippen LogP contribution in [0.1, 0.15) is 10.5 Å². The number of aromatic nitrogens is 1. The zero-order valence-electron chi connectivity index (χ0n) is 4.37. The highest BCUT2D eigenvalue weighted by molar-refractivity contribution is 7.97. The maximum absolute atomic E-state index is 10.3. The quantitative estimate of drug-likeness (QED) is 0.557. The topological polar surface area (TPSA) is 69.1 Å². The molecule has 1 aromatic rings. The van der Waals surface area contributed by atoms with Crippen LogP contribution in [0.25, 0.3) is 0 Å². The van der Waals surface area contributed by atoms with Gasteiger partial charge in [0.2, 0.25) is 11.0 Å². The normalized spacial score (nSPS) is 9.44. The highest BCUT2D eigenvalue weighted by Crippen LogP contribution is 2.05. The van der Waals surface area contributed by atoms with Crippen molar-refractivity contribution in [2.45, 2.75) is 0 Å². The van der Waals surface area contributed by atoms with Crippen molar-refractivity contribution in [3.8, 4) is 0 Å². The number of nitrogen functional groups attached to an aromatic ring is 1. The number of hydrogen-bond donors (Lipinski definition) is 2. The lowest BCUT2D eigenvalue weighted by atomic mass is 10.5. The Morgan fingerprint density at radius 2 is 2.56 bits per heavy atom. The Morgan fingerprint density at radius 1 is 1.89 bits per heavy atom. The number of rotatable bonds is 1. The maximum atomic E-state index is 10.3. The van der Waals surface area contributed by atoms with Gasteiger partial charge in [-0.2, -0.15) is 0 Å².